The van der Waals surface area contributed by atoms with Crippen molar-refractivity contribution in [1.29, 1.82) is 0 Å². The molecular weight excluding hydrogens is 400 g/mol. The van der Waals surface area contributed by atoms with Crippen LogP contribution in [-0.4, -0.2) is 39.2 Å². The largest absolute Gasteiger partial charge is 0.496 e. The standard InChI is InChI=1S/C19H21BrN2O4/c1-25-11-3-10-21-18(23)13-4-7-15(8-5-13)22-19(24)16-12-14(20)6-9-17(16)26-2/h4-9,12H,3,10-11H2,1-2H3,(H,21,23)(H,22,24). The molecule has 2 aromatic carbocycles. The smallest absolute Gasteiger partial charge is 0.259 e. The lowest BCUT2D eigenvalue weighted by molar-refractivity contribution is 0.0948. The lowest BCUT2D eigenvalue weighted by Gasteiger charge is -2.10. The summed E-state index contributed by atoms with van der Waals surface area (Å²) in [6.45, 7) is 1.15. The molecule has 7 heteroatoms. The Bertz CT molecular complexity index is 763. The van der Waals surface area contributed by atoms with Crippen LogP contribution in [0.2, 0.25) is 0 Å². The van der Waals surface area contributed by atoms with Crippen molar-refractivity contribution in [2.75, 3.05) is 32.7 Å². The van der Waals surface area contributed by atoms with Crippen LogP contribution in [-0.2, 0) is 4.74 Å². The molecular formula is C19H21BrN2O4. The van der Waals surface area contributed by atoms with Crippen molar-refractivity contribution in [3.05, 3.63) is 58.1 Å². The lowest BCUT2D eigenvalue weighted by atomic mass is 10.1. The highest BCUT2D eigenvalue weighted by Gasteiger charge is 2.13. The maximum absolute atomic E-state index is 12.5. The van der Waals surface area contributed by atoms with Gasteiger partial charge in [-0.1, -0.05) is 15.9 Å². The minimum absolute atomic E-state index is 0.160. The Labute approximate surface area is 161 Å². The molecule has 0 saturated carbocycles. The van der Waals surface area contributed by atoms with Gasteiger partial charge in [-0.3, -0.25) is 9.59 Å². The van der Waals surface area contributed by atoms with Gasteiger partial charge >= 0.3 is 0 Å². The highest BCUT2D eigenvalue weighted by molar-refractivity contribution is 9.10. The Kier molecular flexibility index (Phi) is 7.62. The van der Waals surface area contributed by atoms with Crippen LogP contribution in [0.25, 0.3) is 0 Å². The molecule has 6 nitrogen and oxygen atoms in total. The summed E-state index contributed by atoms with van der Waals surface area (Å²) in [4.78, 5) is 24.5. The maximum atomic E-state index is 12.5. The molecule has 2 amide bonds. The molecule has 0 heterocycles. The van der Waals surface area contributed by atoms with Crippen LogP contribution in [0.1, 0.15) is 27.1 Å². The number of nitrogens with one attached hydrogen (secondary N) is 2. The van der Waals surface area contributed by atoms with Crippen LogP contribution in [0.15, 0.2) is 46.9 Å². The van der Waals surface area contributed by atoms with Gasteiger partial charge in [-0.2, -0.15) is 0 Å². The number of carbonyl (C=O) groups excluding carboxylic acids is 2. The van der Waals surface area contributed by atoms with E-state index < -0.39 is 0 Å². The molecule has 0 unspecified atom stereocenters. The average molecular weight is 421 g/mol. The molecule has 0 spiro atoms. The van der Waals surface area contributed by atoms with Crippen molar-refractivity contribution >= 4 is 33.4 Å². The number of benzene rings is 2. The minimum Gasteiger partial charge on any atom is -0.496 e. The minimum atomic E-state index is -0.292. The molecule has 2 N–H and O–H groups in total. The van der Waals surface area contributed by atoms with Crippen LogP contribution in [0.3, 0.4) is 0 Å². The zero-order valence-electron chi connectivity index (χ0n) is 14.7. The fraction of sp³-hybridized carbons (Fsp3) is 0.263. The van der Waals surface area contributed by atoms with E-state index in [4.69, 9.17) is 9.47 Å². The van der Waals surface area contributed by atoms with Crippen LogP contribution < -0.4 is 15.4 Å². The van der Waals surface area contributed by atoms with E-state index in [9.17, 15) is 9.59 Å². The molecule has 0 aliphatic heterocycles. The number of hydrogen-bond acceptors (Lipinski definition) is 4. The summed E-state index contributed by atoms with van der Waals surface area (Å²) >= 11 is 3.35. The summed E-state index contributed by atoms with van der Waals surface area (Å²) in [6.07, 6.45) is 0.755. The second-order valence-electron chi connectivity index (χ2n) is 5.48. The summed E-state index contributed by atoms with van der Waals surface area (Å²) in [5.74, 6) is 0.0327. The average Bonchev–Trinajstić information content (AvgIpc) is 2.65. The summed E-state index contributed by atoms with van der Waals surface area (Å²) in [6, 6.07) is 11.9. The topological polar surface area (TPSA) is 76.7 Å². The summed E-state index contributed by atoms with van der Waals surface area (Å²) in [7, 11) is 3.14. The Balaban J connectivity index is 1.99. The number of rotatable bonds is 8. The summed E-state index contributed by atoms with van der Waals surface area (Å²) < 4.78 is 10.9. The monoisotopic (exact) mass is 420 g/mol. The first kappa shape index (κ1) is 19.9. The second kappa shape index (κ2) is 9.94. The van der Waals surface area contributed by atoms with Crippen LogP contribution in [0, 0.1) is 0 Å². The number of halogens is 1. The van der Waals surface area contributed by atoms with E-state index in [2.05, 4.69) is 26.6 Å². The van der Waals surface area contributed by atoms with Gasteiger partial charge in [0, 0.05) is 36.0 Å². The summed E-state index contributed by atoms with van der Waals surface area (Å²) in [5.41, 5.74) is 1.54. The van der Waals surface area contributed by atoms with Crippen molar-refractivity contribution < 1.29 is 19.1 Å². The normalized spacial score (nSPS) is 10.3. The van der Waals surface area contributed by atoms with Crippen molar-refractivity contribution in [1.82, 2.24) is 5.32 Å². The predicted molar refractivity (Wildman–Crippen MR) is 104 cm³/mol. The van der Waals surface area contributed by atoms with Gasteiger partial charge in [0.1, 0.15) is 5.75 Å². The molecule has 2 rings (SSSR count). The van der Waals surface area contributed by atoms with Gasteiger partial charge in [0.25, 0.3) is 11.8 Å². The molecule has 0 fully saturated rings. The molecule has 0 aromatic heterocycles. The Morgan fingerprint density at radius 1 is 1.04 bits per heavy atom. The molecule has 26 heavy (non-hydrogen) atoms. The van der Waals surface area contributed by atoms with Crippen LogP contribution in [0.5, 0.6) is 5.75 Å². The third-order valence-electron chi connectivity index (χ3n) is 3.62. The molecule has 2 aromatic rings. The van der Waals surface area contributed by atoms with E-state index >= 15 is 0 Å². The SMILES string of the molecule is COCCCNC(=O)c1ccc(NC(=O)c2cc(Br)ccc2OC)cc1. The molecule has 0 bridgehead atoms. The number of amides is 2. The maximum Gasteiger partial charge on any atom is 0.259 e. The van der Waals surface area contributed by atoms with Gasteiger partial charge < -0.3 is 20.1 Å². The van der Waals surface area contributed by atoms with E-state index in [0.29, 0.717) is 35.7 Å². The number of hydrogen-bond donors (Lipinski definition) is 2. The predicted octanol–water partition coefficient (Wildman–Crippen LogP) is 3.48. The highest BCUT2D eigenvalue weighted by Crippen LogP contribution is 2.24. The van der Waals surface area contributed by atoms with Gasteiger partial charge in [0.05, 0.1) is 12.7 Å². The van der Waals surface area contributed by atoms with Crippen molar-refractivity contribution in [2.24, 2.45) is 0 Å². The van der Waals surface area contributed by atoms with Crippen molar-refractivity contribution in [3.63, 3.8) is 0 Å². The van der Waals surface area contributed by atoms with Gasteiger partial charge in [0.2, 0.25) is 0 Å². The zero-order valence-corrected chi connectivity index (χ0v) is 16.3. The third kappa shape index (κ3) is 5.57. The first-order chi connectivity index (χ1) is 12.5. The van der Waals surface area contributed by atoms with Crippen LogP contribution in [0.4, 0.5) is 5.69 Å². The zero-order chi connectivity index (χ0) is 18.9. The highest BCUT2D eigenvalue weighted by atomic mass is 79.9. The number of ether oxygens (including phenoxy) is 2. The number of methoxy groups -OCH3 is 2. The lowest BCUT2D eigenvalue weighted by Crippen LogP contribution is -2.25. The van der Waals surface area contributed by atoms with Gasteiger partial charge in [-0.25, -0.2) is 0 Å². The summed E-state index contributed by atoms with van der Waals surface area (Å²) in [5, 5.41) is 5.61. The molecule has 0 atom stereocenters. The van der Waals surface area contributed by atoms with E-state index in [1.807, 2.05) is 0 Å². The third-order valence-corrected chi connectivity index (χ3v) is 4.12. The van der Waals surface area contributed by atoms with Gasteiger partial charge in [-0.05, 0) is 48.9 Å². The fourth-order valence-corrected chi connectivity index (χ4v) is 2.64. The van der Waals surface area contributed by atoms with E-state index in [0.717, 1.165) is 10.9 Å². The van der Waals surface area contributed by atoms with Crippen molar-refractivity contribution in [3.8, 4) is 5.75 Å². The van der Waals surface area contributed by atoms with Gasteiger partial charge in [-0.15, -0.1) is 0 Å². The van der Waals surface area contributed by atoms with Crippen molar-refractivity contribution in [2.45, 2.75) is 6.42 Å². The number of anilines is 1. The van der Waals surface area contributed by atoms with Crippen LogP contribution >= 0.6 is 15.9 Å². The van der Waals surface area contributed by atoms with E-state index in [-0.39, 0.29) is 11.8 Å². The first-order valence-electron chi connectivity index (χ1n) is 8.07. The van der Waals surface area contributed by atoms with E-state index in [1.54, 1.807) is 49.6 Å². The molecule has 138 valence electrons. The Morgan fingerprint density at radius 3 is 2.42 bits per heavy atom. The number of carbonyl (C=O) groups is 2. The van der Waals surface area contributed by atoms with Gasteiger partial charge in [0.15, 0.2) is 0 Å². The second-order valence-corrected chi connectivity index (χ2v) is 6.39. The first-order valence-corrected chi connectivity index (χ1v) is 8.86. The molecule has 0 aliphatic carbocycles. The quantitative estimate of drug-likeness (QED) is 0.640. The Hall–Kier alpha value is -2.38. The van der Waals surface area contributed by atoms with E-state index in [1.165, 1.54) is 7.11 Å². The molecule has 0 radical (unpaired) electrons. The molecule has 0 saturated heterocycles. The fourth-order valence-electron chi connectivity index (χ4n) is 2.28. The Morgan fingerprint density at radius 2 is 1.77 bits per heavy atom. The molecule has 0 aliphatic rings.